The number of hydrogen-bond donors (Lipinski definition) is 1. The Morgan fingerprint density at radius 2 is 2.10 bits per heavy atom. The normalized spacial score (nSPS) is 16.1. The van der Waals surface area contributed by atoms with Gasteiger partial charge in [0.25, 0.3) is 0 Å². The molecule has 5 heteroatoms. The minimum atomic E-state index is 0.0855. The van der Waals surface area contributed by atoms with Crippen molar-refractivity contribution < 1.29 is 9.26 Å². The molecule has 20 heavy (non-hydrogen) atoms. The van der Waals surface area contributed by atoms with Crippen LogP contribution in [0.1, 0.15) is 55.4 Å². The van der Waals surface area contributed by atoms with Gasteiger partial charge < -0.3 is 15.0 Å². The third-order valence-electron chi connectivity index (χ3n) is 3.53. The highest BCUT2D eigenvalue weighted by atomic mass is 16.5. The minimum absolute atomic E-state index is 0.0855. The minimum Gasteiger partial charge on any atom is -0.485 e. The van der Waals surface area contributed by atoms with E-state index in [4.69, 9.17) is 15.0 Å². The summed E-state index contributed by atoms with van der Waals surface area (Å²) in [6, 6.07) is 7.92. The molecule has 106 valence electrons. The van der Waals surface area contributed by atoms with Gasteiger partial charge in [-0.2, -0.15) is 4.98 Å². The van der Waals surface area contributed by atoms with E-state index in [1.54, 1.807) is 0 Å². The Bertz CT molecular complexity index is 561. The molecule has 1 aliphatic carbocycles. The number of ether oxygens (including phenoxy) is 1. The van der Waals surface area contributed by atoms with E-state index >= 15 is 0 Å². The molecule has 0 saturated heterocycles. The summed E-state index contributed by atoms with van der Waals surface area (Å²) in [5.74, 6) is 2.61. The summed E-state index contributed by atoms with van der Waals surface area (Å²) in [6.07, 6.45) is 3.23. The first kappa shape index (κ1) is 13.1. The zero-order valence-electron chi connectivity index (χ0n) is 11.6. The molecular formula is C15H19N3O2. The molecule has 1 unspecified atom stereocenters. The first-order chi connectivity index (χ1) is 9.76. The SMILES string of the molecule is CCC(N)c1ccc(OCc2noc(C3CC3)n2)cc1. The average Bonchev–Trinajstić information content (AvgIpc) is 3.24. The lowest BCUT2D eigenvalue weighted by Gasteiger charge is -2.10. The molecule has 0 radical (unpaired) electrons. The topological polar surface area (TPSA) is 74.2 Å². The molecule has 1 aromatic carbocycles. The van der Waals surface area contributed by atoms with Crippen LogP contribution in [0.15, 0.2) is 28.8 Å². The lowest BCUT2D eigenvalue weighted by atomic mass is 10.1. The van der Waals surface area contributed by atoms with Crippen molar-refractivity contribution in [3.8, 4) is 5.75 Å². The second kappa shape index (κ2) is 5.63. The third-order valence-corrected chi connectivity index (χ3v) is 3.53. The molecule has 2 aromatic rings. The van der Waals surface area contributed by atoms with E-state index < -0.39 is 0 Å². The quantitative estimate of drug-likeness (QED) is 0.875. The molecule has 1 heterocycles. The van der Waals surface area contributed by atoms with Gasteiger partial charge in [-0.15, -0.1) is 0 Å². The molecule has 0 spiro atoms. The van der Waals surface area contributed by atoms with Crippen LogP contribution in [0.3, 0.4) is 0 Å². The fourth-order valence-electron chi connectivity index (χ4n) is 2.02. The Labute approximate surface area is 118 Å². The van der Waals surface area contributed by atoms with Crippen molar-refractivity contribution >= 4 is 0 Å². The van der Waals surface area contributed by atoms with Gasteiger partial charge in [0.1, 0.15) is 5.75 Å². The fourth-order valence-corrected chi connectivity index (χ4v) is 2.02. The zero-order valence-corrected chi connectivity index (χ0v) is 11.6. The molecule has 0 aliphatic heterocycles. The monoisotopic (exact) mass is 273 g/mol. The summed E-state index contributed by atoms with van der Waals surface area (Å²) in [4.78, 5) is 4.32. The summed E-state index contributed by atoms with van der Waals surface area (Å²) < 4.78 is 10.8. The van der Waals surface area contributed by atoms with Gasteiger partial charge >= 0.3 is 0 Å². The summed E-state index contributed by atoms with van der Waals surface area (Å²) in [7, 11) is 0. The zero-order chi connectivity index (χ0) is 13.9. The number of rotatable bonds is 6. The van der Waals surface area contributed by atoms with Gasteiger partial charge in [0, 0.05) is 12.0 Å². The van der Waals surface area contributed by atoms with Crippen LogP contribution in [0.25, 0.3) is 0 Å². The maximum atomic E-state index is 5.97. The molecule has 1 fully saturated rings. The van der Waals surface area contributed by atoms with Crippen LogP contribution < -0.4 is 10.5 Å². The van der Waals surface area contributed by atoms with Crippen molar-refractivity contribution in [2.24, 2.45) is 5.73 Å². The van der Waals surface area contributed by atoms with Crippen LogP contribution in [0.4, 0.5) is 0 Å². The van der Waals surface area contributed by atoms with Gasteiger partial charge in [0.15, 0.2) is 6.61 Å². The van der Waals surface area contributed by atoms with E-state index in [2.05, 4.69) is 17.1 Å². The van der Waals surface area contributed by atoms with Gasteiger partial charge in [-0.05, 0) is 37.0 Å². The van der Waals surface area contributed by atoms with Crippen molar-refractivity contribution in [2.75, 3.05) is 0 Å². The first-order valence-electron chi connectivity index (χ1n) is 7.07. The predicted molar refractivity (Wildman–Crippen MR) is 74.3 cm³/mol. The van der Waals surface area contributed by atoms with Gasteiger partial charge in [0.05, 0.1) is 0 Å². The summed E-state index contributed by atoms with van der Waals surface area (Å²) in [6.45, 7) is 2.40. The van der Waals surface area contributed by atoms with E-state index in [1.807, 2.05) is 24.3 Å². The molecule has 1 aliphatic rings. The molecule has 1 aromatic heterocycles. The molecule has 1 saturated carbocycles. The van der Waals surface area contributed by atoms with E-state index in [0.29, 0.717) is 18.3 Å². The second-order valence-corrected chi connectivity index (χ2v) is 5.20. The summed E-state index contributed by atoms with van der Waals surface area (Å²) in [5.41, 5.74) is 7.09. The lowest BCUT2D eigenvalue weighted by Crippen LogP contribution is -2.08. The van der Waals surface area contributed by atoms with E-state index in [1.165, 1.54) is 0 Å². The Balaban J connectivity index is 1.57. The molecule has 0 amide bonds. The number of nitrogens with two attached hydrogens (primary N) is 1. The van der Waals surface area contributed by atoms with Crippen LogP contribution in [0.2, 0.25) is 0 Å². The Kier molecular flexibility index (Phi) is 3.69. The number of benzene rings is 1. The number of nitrogens with zero attached hydrogens (tertiary/aromatic N) is 2. The van der Waals surface area contributed by atoms with Crippen molar-refractivity contribution in [3.63, 3.8) is 0 Å². The van der Waals surface area contributed by atoms with Crippen LogP contribution in [0.5, 0.6) is 5.75 Å². The standard InChI is InChI=1S/C15H19N3O2/c1-2-13(16)10-5-7-12(8-6-10)19-9-14-17-15(20-18-14)11-3-4-11/h5-8,11,13H,2-4,9,16H2,1H3. The van der Waals surface area contributed by atoms with Crippen molar-refractivity contribution in [3.05, 3.63) is 41.5 Å². The predicted octanol–water partition coefficient (Wildman–Crippen LogP) is 2.94. The van der Waals surface area contributed by atoms with E-state index in [0.717, 1.165) is 36.5 Å². The average molecular weight is 273 g/mol. The third kappa shape index (κ3) is 2.99. The smallest absolute Gasteiger partial charge is 0.229 e. The van der Waals surface area contributed by atoms with Crippen LogP contribution in [-0.2, 0) is 6.61 Å². The first-order valence-corrected chi connectivity index (χ1v) is 7.07. The highest BCUT2D eigenvalue weighted by Gasteiger charge is 2.29. The molecule has 3 rings (SSSR count). The molecular weight excluding hydrogens is 254 g/mol. The number of hydrogen-bond acceptors (Lipinski definition) is 5. The highest BCUT2D eigenvalue weighted by Crippen LogP contribution is 2.38. The molecule has 5 nitrogen and oxygen atoms in total. The highest BCUT2D eigenvalue weighted by molar-refractivity contribution is 5.29. The Morgan fingerprint density at radius 3 is 2.75 bits per heavy atom. The van der Waals surface area contributed by atoms with Crippen LogP contribution in [-0.4, -0.2) is 10.1 Å². The molecule has 1 atom stereocenters. The molecule has 2 N–H and O–H groups in total. The van der Waals surface area contributed by atoms with Crippen molar-refractivity contribution in [2.45, 2.75) is 44.8 Å². The maximum Gasteiger partial charge on any atom is 0.229 e. The fraction of sp³-hybridized carbons (Fsp3) is 0.467. The van der Waals surface area contributed by atoms with Crippen molar-refractivity contribution in [1.29, 1.82) is 0 Å². The van der Waals surface area contributed by atoms with E-state index in [-0.39, 0.29) is 6.04 Å². The Morgan fingerprint density at radius 1 is 1.35 bits per heavy atom. The largest absolute Gasteiger partial charge is 0.485 e. The van der Waals surface area contributed by atoms with Gasteiger partial charge in [0.2, 0.25) is 11.7 Å². The van der Waals surface area contributed by atoms with Crippen LogP contribution >= 0.6 is 0 Å². The lowest BCUT2D eigenvalue weighted by molar-refractivity contribution is 0.285. The Hall–Kier alpha value is -1.88. The molecule has 0 bridgehead atoms. The summed E-state index contributed by atoms with van der Waals surface area (Å²) >= 11 is 0. The van der Waals surface area contributed by atoms with Crippen molar-refractivity contribution in [1.82, 2.24) is 10.1 Å². The van der Waals surface area contributed by atoms with Gasteiger partial charge in [-0.25, -0.2) is 0 Å². The maximum absolute atomic E-state index is 5.97. The summed E-state index contributed by atoms with van der Waals surface area (Å²) in [5, 5.41) is 3.92. The van der Waals surface area contributed by atoms with E-state index in [9.17, 15) is 0 Å². The second-order valence-electron chi connectivity index (χ2n) is 5.20. The van der Waals surface area contributed by atoms with Gasteiger partial charge in [-0.1, -0.05) is 24.2 Å². The van der Waals surface area contributed by atoms with Gasteiger partial charge in [-0.3, -0.25) is 0 Å². The number of aromatic nitrogens is 2. The van der Waals surface area contributed by atoms with Crippen LogP contribution in [0, 0.1) is 0 Å².